The average molecular weight is 260 g/mol. The summed E-state index contributed by atoms with van der Waals surface area (Å²) in [4.78, 5) is 27.1. The van der Waals surface area contributed by atoms with Gasteiger partial charge in [-0.15, -0.1) is 0 Å². The summed E-state index contributed by atoms with van der Waals surface area (Å²) in [6, 6.07) is 7.13. The van der Waals surface area contributed by atoms with Crippen molar-refractivity contribution in [2.45, 2.75) is 26.4 Å². The molecule has 0 aliphatic rings. The Morgan fingerprint density at radius 2 is 2.05 bits per heavy atom. The molecule has 0 radical (unpaired) electrons. The Bertz CT molecular complexity index is 610. The molecule has 19 heavy (non-hydrogen) atoms. The molecule has 0 bridgehead atoms. The summed E-state index contributed by atoms with van der Waals surface area (Å²) in [6.07, 6.45) is 1.58. The second-order valence-corrected chi connectivity index (χ2v) is 5.20. The number of anilines is 1. The van der Waals surface area contributed by atoms with Crippen LogP contribution < -0.4 is 4.90 Å². The van der Waals surface area contributed by atoms with Crippen molar-refractivity contribution in [1.29, 1.82) is 0 Å². The number of hydrogen-bond donors (Lipinski definition) is 1. The van der Waals surface area contributed by atoms with E-state index in [9.17, 15) is 9.59 Å². The first-order valence-corrected chi connectivity index (χ1v) is 5.95. The minimum atomic E-state index is -0.683. The maximum Gasteiger partial charge on any atom is 0.421 e. The molecule has 1 heterocycles. The summed E-state index contributed by atoms with van der Waals surface area (Å²) < 4.78 is 5.19. The Balaban J connectivity index is 2.30. The number of aromatic nitrogens is 1. The molecule has 5 nitrogen and oxygen atoms in total. The SMILES string of the molecule is CC(C)(C)OC(=O)N(C=O)c1ccc2[nH]ccc2c1. The van der Waals surface area contributed by atoms with Crippen LogP contribution in [0, 0.1) is 0 Å². The first-order chi connectivity index (χ1) is 8.90. The van der Waals surface area contributed by atoms with E-state index in [0.29, 0.717) is 12.1 Å². The highest BCUT2D eigenvalue weighted by molar-refractivity contribution is 6.04. The first kappa shape index (κ1) is 13.1. The van der Waals surface area contributed by atoms with Crippen LogP contribution in [0.3, 0.4) is 0 Å². The van der Waals surface area contributed by atoms with Crippen LogP contribution in [0.5, 0.6) is 0 Å². The van der Waals surface area contributed by atoms with Crippen LogP contribution in [-0.2, 0) is 9.53 Å². The number of benzene rings is 1. The zero-order chi connectivity index (χ0) is 14.0. The minimum absolute atomic E-state index is 0.460. The molecule has 100 valence electrons. The maximum absolute atomic E-state index is 11.9. The number of nitrogens with one attached hydrogen (secondary N) is 1. The topological polar surface area (TPSA) is 62.4 Å². The average Bonchev–Trinajstić information content (AvgIpc) is 2.74. The predicted molar refractivity (Wildman–Crippen MR) is 73.1 cm³/mol. The Kier molecular flexibility index (Phi) is 3.29. The lowest BCUT2D eigenvalue weighted by molar-refractivity contribution is -0.107. The normalized spacial score (nSPS) is 11.3. The molecular weight excluding hydrogens is 244 g/mol. The van der Waals surface area contributed by atoms with Crippen molar-refractivity contribution in [1.82, 2.24) is 4.98 Å². The largest absolute Gasteiger partial charge is 0.443 e. The van der Waals surface area contributed by atoms with Gasteiger partial charge in [0.2, 0.25) is 6.41 Å². The molecule has 0 saturated carbocycles. The minimum Gasteiger partial charge on any atom is -0.443 e. The number of carbonyl (C=O) groups excluding carboxylic acids is 2. The van der Waals surface area contributed by atoms with E-state index < -0.39 is 11.7 Å². The van der Waals surface area contributed by atoms with Crippen molar-refractivity contribution in [3.8, 4) is 0 Å². The second-order valence-electron chi connectivity index (χ2n) is 5.20. The van der Waals surface area contributed by atoms with Crippen LogP contribution in [0.25, 0.3) is 10.9 Å². The Morgan fingerprint density at radius 1 is 1.32 bits per heavy atom. The molecule has 0 atom stereocenters. The highest BCUT2D eigenvalue weighted by atomic mass is 16.6. The zero-order valence-electron chi connectivity index (χ0n) is 11.1. The molecule has 0 spiro atoms. The summed E-state index contributed by atoms with van der Waals surface area (Å²) in [7, 11) is 0. The van der Waals surface area contributed by atoms with Crippen molar-refractivity contribution in [3.63, 3.8) is 0 Å². The number of carbonyl (C=O) groups is 2. The molecule has 1 aromatic heterocycles. The van der Waals surface area contributed by atoms with E-state index >= 15 is 0 Å². The van der Waals surface area contributed by atoms with Gasteiger partial charge < -0.3 is 9.72 Å². The number of nitrogens with zero attached hydrogens (tertiary/aromatic N) is 1. The van der Waals surface area contributed by atoms with Crippen LogP contribution in [0.15, 0.2) is 30.5 Å². The van der Waals surface area contributed by atoms with Crippen LogP contribution in [0.1, 0.15) is 20.8 Å². The van der Waals surface area contributed by atoms with Gasteiger partial charge in [-0.3, -0.25) is 4.79 Å². The van der Waals surface area contributed by atoms with Crippen molar-refractivity contribution in [2.24, 2.45) is 0 Å². The van der Waals surface area contributed by atoms with E-state index in [4.69, 9.17) is 4.74 Å². The lowest BCUT2D eigenvalue weighted by Crippen LogP contribution is -2.35. The molecule has 0 aliphatic heterocycles. The Hall–Kier alpha value is -2.30. The lowest BCUT2D eigenvalue weighted by atomic mass is 10.2. The summed E-state index contributed by atoms with van der Waals surface area (Å²) in [5.74, 6) is 0. The summed E-state index contributed by atoms with van der Waals surface area (Å²) in [5.41, 5.74) is 0.784. The molecule has 0 saturated heterocycles. The molecule has 0 fully saturated rings. The van der Waals surface area contributed by atoms with Gasteiger partial charge in [-0.2, -0.15) is 0 Å². The smallest absolute Gasteiger partial charge is 0.421 e. The molecule has 2 amide bonds. The molecule has 5 heteroatoms. The molecular formula is C14H16N2O3. The number of ether oxygens (including phenoxy) is 1. The lowest BCUT2D eigenvalue weighted by Gasteiger charge is -2.23. The van der Waals surface area contributed by atoms with Gasteiger partial charge in [0.25, 0.3) is 0 Å². The highest BCUT2D eigenvalue weighted by Crippen LogP contribution is 2.22. The summed E-state index contributed by atoms with van der Waals surface area (Å²) in [5, 5.41) is 0.924. The number of aromatic amines is 1. The van der Waals surface area contributed by atoms with Crippen LogP contribution >= 0.6 is 0 Å². The van der Waals surface area contributed by atoms with Gasteiger partial charge in [-0.25, -0.2) is 9.69 Å². The molecule has 2 aromatic rings. The monoisotopic (exact) mass is 260 g/mol. The van der Waals surface area contributed by atoms with Gasteiger partial charge in [0.05, 0.1) is 5.69 Å². The Morgan fingerprint density at radius 3 is 2.68 bits per heavy atom. The number of hydrogen-bond acceptors (Lipinski definition) is 3. The first-order valence-electron chi connectivity index (χ1n) is 5.95. The fourth-order valence-electron chi connectivity index (χ4n) is 1.71. The number of fused-ring (bicyclic) bond motifs is 1. The Labute approximate surface area is 111 Å². The molecule has 0 aliphatic carbocycles. The van der Waals surface area contributed by atoms with E-state index in [2.05, 4.69) is 4.98 Å². The van der Waals surface area contributed by atoms with Crippen LogP contribution in [0.2, 0.25) is 0 Å². The van der Waals surface area contributed by atoms with E-state index in [1.807, 2.05) is 12.1 Å². The van der Waals surface area contributed by atoms with E-state index in [0.717, 1.165) is 15.8 Å². The fraction of sp³-hybridized carbons (Fsp3) is 0.286. The second kappa shape index (κ2) is 4.76. The predicted octanol–water partition coefficient (Wildman–Crippen LogP) is 3.07. The quantitative estimate of drug-likeness (QED) is 0.844. The molecule has 2 rings (SSSR count). The maximum atomic E-state index is 11.9. The van der Waals surface area contributed by atoms with Crippen molar-refractivity contribution in [2.75, 3.05) is 4.90 Å². The third kappa shape index (κ3) is 2.93. The van der Waals surface area contributed by atoms with Crippen LogP contribution in [-0.4, -0.2) is 23.1 Å². The van der Waals surface area contributed by atoms with Gasteiger partial charge in [-0.1, -0.05) is 0 Å². The number of imide groups is 1. The highest BCUT2D eigenvalue weighted by Gasteiger charge is 2.23. The molecule has 0 unspecified atom stereocenters. The summed E-state index contributed by atoms with van der Waals surface area (Å²) in [6.45, 7) is 5.26. The van der Waals surface area contributed by atoms with E-state index in [-0.39, 0.29) is 0 Å². The van der Waals surface area contributed by atoms with Gasteiger partial charge in [0.15, 0.2) is 0 Å². The van der Waals surface area contributed by atoms with Crippen molar-refractivity contribution >= 4 is 29.1 Å². The van der Waals surface area contributed by atoms with Crippen LogP contribution in [0.4, 0.5) is 10.5 Å². The number of H-pyrrole nitrogens is 1. The number of amides is 2. The van der Waals surface area contributed by atoms with Gasteiger partial charge >= 0.3 is 6.09 Å². The standard InChI is InChI=1S/C14H16N2O3/c1-14(2,3)19-13(18)16(9-17)11-4-5-12-10(8-11)6-7-15-12/h4-9,15H,1-3H3. The van der Waals surface area contributed by atoms with Gasteiger partial charge in [-0.05, 0) is 45.0 Å². The van der Waals surface area contributed by atoms with Gasteiger partial charge in [0, 0.05) is 17.1 Å². The molecule has 1 N–H and O–H groups in total. The van der Waals surface area contributed by atoms with E-state index in [1.165, 1.54) is 0 Å². The van der Waals surface area contributed by atoms with Crippen molar-refractivity contribution < 1.29 is 14.3 Å². The molecule has 1 aromatic carbocycles. The zero-order valence-corrected chi connectivity index (χ0v) is 11.1. The van der Waals surface area contributed by atoms with Crippen molar-refractivity contribution in [3.05, 3.63) is 30.5 Å². The number of rotatable bonds is 2. The fourth-order valence-corrected chi connectivity index (χ4v) is 1.71. The third-order valence-electron chi connectivity index (χ3n) is 2.51. The van der Waals surface area contributed by atoms with E-state index in [1.54, 1.807) is 39.1 Å². The summed E-state index contributed by atoms with van der Waals surface area (Å²) >= 11 is 0. The van der Waals surface area contributed by atoms with Gasteiger partial charge in [0.1, 0.15) is 5.60 Å². The third-order valence-corrected chi connectivity index (χ3v) is 2.51.